The number of carbonyl (C=O) groups excluding carboxylic acids is 2. The van der Waals surface area contributed by atoms with Gasteiger partial charge in [-0.25, -0.2) is 9.59 Å². The fourth-order valence-corrected chi connectivity index (χ4v) is 6.92. The van der Waals surface area contributed by atoms with Crippen LogP contribution in [0.3, 0.4) is 0 Å². The molecule has 282 valence electrons. The molecule has 1 fully saturated rings. The van der Waals surface area contributed by atoms with Crippen molar-refractivity contribution in [2.75, 3.05) is 25.6 Å². The molecule has 0 spiro atoms. The summed E-state index contributed by atoms with van der Waals surface area (Å²) in [5.74, 6) is -0.995. The Labute approximate surface area is 314 Å². The number of rotatable bonds is 12. The number of amides is 3. The van der Waals surface area contributed by atoms with Gasteiger partial charge in [0, 0.05) is 17.7 Å². The lowest BCUT2D eigenvalue weighted by Crippen LogP contribution is -2.62. The van der Waals surface area contributed by atoms with E-state index in [0.717, 1.165) is 16.7 Å². The van der Waals surface area contributed by atoms with Crippen molar-refractivity contribution in [2.24, 2.45) is 5.41 Å². The Morgan fingerprint density at radius 3 is 2.15 bits per heavy atom. The van der Waals surface area contributed by atoms with Gasteiger partial charge in [-0.2, -0.15) is 0 Å². The molecule has 1 aliphatic heterocycles. The van der Waals surface area contributed by atoms with Crippen molar-refractivity contribution in [3.05, 3.63) is 148 Å². The van der Waals surface area contributed by atoms with E-state index in [4.69, 9.17) is 9.47 Å². The summed E-state index contributed by atoms with van der Waals surface area (Å²) in [6.07, 6.45) is 2.15. The van der Waals surface area contributed by atoms with E-state index < -0.39 is 52.0 Å². The van der Waals surface area contributed by atoms with Crippen LogP contribution in [-0.4, -0.2) is 71.0 Å². The third-order valence-electron chi connectivity index (χ3n) is 10.1. The number of anilines is 1. The minimum absolute atomic E-state index is 0.0420. The molecule has 0 unspecified atom stereocenters. The number of morpholine rings is 1. The van der Waals surface area contributed by atoms with E-state index in [0.29, 0.717) is 24.1 Å². The summed E-state index contributed by atoms with van der Waals surface area (Å²) in [6, 6.07) is 30.8. The number of ether oxygens (including phenoxy) is 2. The van der Waals surface area contributed by atoms with E-state index in [1.165, 1.54) is 18.1 Å². The molecule has 3 amide bonds. The van der Waals surface area contributed by atoms with Gasteiger partial charge in [0.25, 0.3) is 5.69 Å². The number of nitro benzene ring substituents is 1. The predicted molar refractivity (Wildman–Crippen MR) is 206 cm³/mol. The molecule has 1 heterocycles. The zero-order valence-electron chi connectivity index (χ0n) is 30.8. The van der Waals surface area contributed by atoms with Crippen LogP contribution < -0.4 is 10.6 Å². The topological polar surface area (TPSA) is 160 Å². The molecule has 0 saturated carbocycles. The van der Waals surface area contributed by atoms with Gasteiger partial charge in [-0.15, -0.1) is 0 Å². The monoisotopic (exact) mass is 734 g/mol. The van der Waals surface area contributed by atoms with Crippen LogP contribution >= 0.6 is 0 Å². The number of hydrogen-bond donors (Lipinski definition) is 3. The predicted octanol–water partition coefficient (Wildman–Crippen LogP) is 7.90. The molecule has 4 aromatic carbocycles. The molecular formula is C42H46N4O8. The Morgan fingerprint density at radius 1 is 0.963 bits per heavy atom. The highest BCUT2D eigenvalue weighted by Crippen LogP contribution is 2.42. The Kier molecular flexibility index (Phi) is 12.5. The van der Waals surface area contributed by atoms with Gasteiger partial charge in [-0.1, -0.05) is 118 Å². The van der Waals surface area contributed by atoms with Crippen LogP contribution in [-0.2, 0) is 20.7 Å². The maximum atomic E-state index is 14.3. The molecule has 12 heteroatoms. The number of para-hydroxylation sites is 2. The van der Waals surface area contributed by atoms with Crippen LogP contribution in [0.4, 0.5) is 21.0 Å². The van der Waals surface area contributed by atoms with Crippen molar-refractivity contribution in [3.8, 4) is 0 Å². The van der Waals surface area contributed by atoms with Crippen molar-refractivity contribution in [1.82, 2.24) is 10.2 Å². The highest BCUT2D eigenvalue weighted by atomic mass is 16.6. The molecule has 1 saturated heterocycles. The van der Waals surface area contributed by atoms with Crippen LogP contribution in [0.1, 0.15) is 55.4 Å². The van der Waals surface area contributed by atoms with E-state index in [-0.39, 0.29) is 18.8 Å². The van der Waals surface area contributed by atoms with E-state index in [1.54, 1.807) is 36.4 Å². The minimum atomic E-state index is -1.13. The first-order chi connectivity index (χ1) is 25.8. The Balaban J connectivity index is 1.40. The molecule has 0 bridgehead atoms. The summed E-state index contributed by atoms with van der Waals surface area (Å²) in [7, 11) is 1.25. The van der Waals surface area contributed by atoms with Crippen LogP contribution in [0.5, 0.6) is 0 Å². The number of alkyl carbamates (subject to hydrolysis) is 1. The third-order valence-corrected chi connectivity index (χ3v) is 10.1. The lowest BCUT2D eigenvalue weighted by Gasteiger charge is -2.52. The molecule has 0 aromatic heterocycles. The lowest BCUT2D eigenvalue weighted by atomic mass is 9.71. The first kappa shape index (κ1) is 39.2. The number of nitrogens with zero attached hydrogens (tertiary/aromatic N) is 2. The number of nitro groups is 1. The fraction of sp³-hybridized carbons (Fsp3) is 0.310. The standard InChI is InChI=1S/C42H46N4O8/c1-41(2,3)42(28-45(40(49)50)33(27-54-42)24-23-30-16-12-14-22-35(30)46(51)52)26-25-29-15-11-13-21-34(29)43-38(47)37(44-39(48)53-4)36(31-17-7-5-8-18-31)32-19-9-6-10-20-32/h5-24,33,36-37H,25-28H2,1-4H3,(H,43,47)(H,44,48)(H,49,50)/t33-,37+,42+/m1/s1. The molecule has 54 heavy (non-hydrogen) atoms. The van der Waals surface area contributed by atoms with Gasteiger partial charge in [0.1, 0.15) is 6.04 Å². The number of methoxy groups -OCH3 is 1. The molecule has 12 nitrogen and oxygen atoms in total. The SMILES string of the molecule is COC(=O)N[C@H](C(=O)Nc1ccccc1CC[C@@]1(C(C)(C)C)CN(C(=O)O)[C@H](C=Cc2ccccc2[N+](=O)[O-])CO1)C(c1ccccc1)c1ccccc1. The average Bonchev–Trinajstić information content (AvgIpc) is 3.17. The third kappa shape index (κ3) is 9.13. The average molecular weight is 735 g/mol. The van der Waals surface area contributed by atoms with Crippen molar-refractivity contribution < 1.29 is 33.9 Å². The second-order valence-corrected chi connectivity index (χ2v) is 14.3. The van der Waals surface area contributed by atoms with Crippen molar-refractivity contribution in [1.29, 1.82) is 0 Å². The summed E-state index contributed by atoms with van der Waals surface area (Å²) >= 11 is 0. The Hall–Kier alpha value is -6.01. The number of carbonyl (C=O) groups is 3. The van der Waals surface area contributed by atoms with Crippen molar-refractivity contribution in [3.63, 3.8) is 0 Å². The summed E-state index contributed by atoms with van der Waals surface area (Å²) in [5.41, 5.74) is 1.84. The highest BCUT2D eigenvalue weighted by molar-refractivity contribution is 5.98. The molecular weight excluding hydrogens is 688 g/mol. The normalized spacial score (nSPS) is 17.9. The summed E-state index contributed by atoms with van der Waals surface area (Å²) in [4.78, 5) is 52.0. The molecule has 3 atom stereocenters. The maximum absolute atomic E-state index is 14.3. The summed E-state index contributed by atoms with van der Waals surface area (Å²) < 4.78 is 11.6. The lowest BCUT2D eigenvalue weighted by molar-refractivity contribution is -0.385. The van der Waals surface area contributed by atoms with Crippen LogP contribution in [0, 0.1) is 15.5 Å². The van der Waals surface area contributed by atoms with Gasteiger partial charge in [-0.3, -0.25) is 19.8 Å². The second-order valence-electron chi connectivity index (χ2n) is 14.3. The first-order valence-corrected chi connectivity index (χ1v) is 17.7. The van der Waals surface area contributed by atoms with Gasteiger partial charge in [0.05, 0.1) is 42.4 Å². The van der Waals surface area contributed by atoms with E-state index in [9.17, 15) is 29.6 Å². The Bertz CT molecular complexity index is 1920. The quantitative estimate of drug-likeness (QED) is 0.0978. The van der Waals surface area contributed by atoms with Gasteiger partial charge in [-0.05, 0) is 53.2 Å². The molecule has 0 aliphatic carbocycles. The van der Waals surface area contributed by atoms with Gasteiger partial charge in [0.15, 0.2) is 0 Å². The zero-order valence-corrected chi connectivity index (χ0v) is 30.8. The smallest absolute Gasteiger partial charge is 0.407 e. The second kappa shape index (κ2) is 17.2. The van der Waals surface area contributed by atoms with E-state index in [2.05, 4.69) is 10.6 Å². The number of nitrogens with one attached hydrogen (secondary N) is 2. The number of carboxylic acid groups (broad SMARTS) is 1. The Morgan fingerprint density at radius 2 is 1.56 bits per heavy atom. The van der Waals surface area contributed by atoms with Crippen molar-refractivity contribution in [2.45, 2.75) is 57.2 Å². The van der Waals surface area contributed by atoms with Crippen molar-refractivity contribution >= 4 is 35.5 Å². The minimum Gasteiger partial charge on any atom is -0.465 e. The summed E-state index contributed by atoms with van der Waals surface area (Å²) in [5, 5.41) is 27.7. The van der Waals surface area contributed by atoms with E-state index >= 15 is 0 Å². The fourth-order valence-electron chi connectivity index (χ4n) is 6.92. The molecule has 0 radical (unpaired) electrons. The summed E-state index contributed by atoms with van der Waals surface area (Å²) in [6.45, 7) is 6.09. The van der Waals surface area contributed by atoms with Crippen LogP contribution in [0.2, 0.25) is 0 Å². The number of benzene rings is 4. The van der Waals surface area contributed by atoms with E-state index in [1.807, 2.05) is 99.6 Å². The highest BCUT2D eigenvalue weighted by Gasteiger charge is 2.49. The number of hydrogen-bond acceptors (Lipinski definition) is 7. The van der Waals surface area contributed by atoms with Gasteiger partial charge >= 0.3 is 12.2 Å². The van der Waals surface area contributed by atoms with Gasteiger partial charge < -0.3 is 25.2 Å². The zero-order chi connectivity index (χ0) is 38.9. The molecule has 5 rings (SSSR count). The van der Waals surface area contributed by atoms with Crippen LogP contribution in [0.25, 0.3) is 6.08 Å². The first-order valence-electron chi connectivity index (χ1n) is 17.7. The maximum Gasteiger partial charge on any atom is 0.407 e. The molecule has 4 aromatic rings. The van der Waals surface area contributed by atoms with Gasteiger partial charge in [0.2, 0.25) is 5.91 Å². The molecule has 1 aliphatic rings. The largest absolute Gasteiger partial charge is 0.465 e. The molecule has 3 N–H and O–H groups in total. The number of aryl methyl sites for hydroxylation is 1. The van der Waals surface area contributed by atoms with Crippen LogP contribution in [0.15, 0.2) is 115 Å².